The number of nitrogens with zero attached hydrogens (tertiary/aromatic N) is 1. The van der Waals surface area contributed by atoms with E-state index in [4.69, 9.17) is 28.6 Å². The summed E-state index contributed by atoms with van der Waals surface area (Å²) in [5, 5.41) is 7.23. The Morgan fingerprint density at radius 3 is 2.52 bits per heavy atom. The fraction of sp³-hybridized carbons (Fsp3) is 0.417. The topological polar surface area (TPSA) is 53.6 Å². The smallest absolute Gasteiger partial charge is 0.339 e. The molecule has 5 nitrogen and oxygen atoms in total. The second-order valence-corrected chi connectivity index (χ2v) is 8.81. The van der Waals surface area contributed by atoms with Gasteiger partial charge in [0.1, 0.15) is 0 Å². The molecule has 2 N–H and O–H groups in total. The monoisotopic (exact) mass is 459 g/mol. The molecule has 0 unspecified atom stereocenters. The predicted octanol–water partition coefficient (Wildman–Crippen LogP) is 5.80. The van der Waals surface area contributed by atoms with Gasteiger partial charge in [0.2, 0.25) is 0 Å². The van der Waals surface area contributed by atoms with E-state index < -0.39 is 5.97 Å². The number of rotatable bonds is 6. The van der Waals surface area contributed by atoms with Crippen LogP contribution in [0.3, 0.4) is 0 Å². The van der Waals surface area contributed by atoms with E-state index in [0.717, 1.165) is 24.6 Å². The highest BCUT2D eigenvalue weighted by Gasteiger charge is 2.17. The van der Waals surface area contributed by atoms with Gasteiger partial charge in [-0.2, -0.15) is 0 Å². The van der Waals surface area contributed by atoms with Crippen LogP contribution in [0.2, 0.25) is 5.02 Å². The van der Waals surface area contributed by atoms with Crippen LogP contribution in [0.1, 0.15) is 55.6 Å². The van der Waals surface area contributed by atoms with Crippen LogP contribution < -0.4 is 15.5 Å². The van der Waals surface area contributed by atoms with Crippen molar-refractivity contribution in [1.82, 2.24) is 5.32 Å². The Bertz CT molecular complexity index is 912. The first-order chi connectivity index (χ1) is 14.9. The molecular weight excluding hydrogens is 430 g/mol. The van der Waals surface area contributed by atoms with Gasteiger partial charge in [0.05, 0.1) is 23.2 Å². The van der Waals surface area contributed by atoms with E-state index >= 15 is 0 Å². The first-order valence-corrected chi connectivity index (χ1v) is 11.5. The highest BCUT2D eigenvalue weighted by atomic mass is 35.5. The van der Waals surface area contributed by atoms with Crippen molar-refractivity contribution >= 4 is 46.3 Å². The summed E-state index contributed by atoms with van der Waals surface area (Å²) in [5.41, 5.74) is 3.48. The van der Waals surface area contributed by atoms with Gasteiger partial charge < -0.3 is 20.3 Å². The average molecular weight is 460 g/mol. The van der Waals surface area contributed by atoms with Crippen LogP contribution in [0, 0.1) is 5.92 Å². The van der Waals surface area contributed by atoms with E-state index in [9.17, 15) is 4.79 Å². The molecule has 0 radical (unpaired) electrons. The molecule has 1 fully saturated rings. The number of ether oxygens (including phenoxy) is 1. The molecule has 31 heavy (non-hydrogen) atoms. The number of carbonyl (C=O) groups is 1. The summed E-state index contributed by atoms with van der Waals surface area (Å²) >= 11 is 11.7. The van der Waals surface area contributed by atoms with Gasteiger partial charge >= 0.3 is 5.97 Å². The van der Waals surface area contributed by atoms with Crippen LogP contribution in [0.4, 0.5) is 11.4 Å². The number of thiocarbonyl (C=S) groups is 1. The van der Waals surface area contributed by atoms with Crippen molar-refractivity contribution in [3.63, 3.8) is 0 Å². The zero-order valence-electron chi connectivity index (χ0n) is 18.3. The van der Waals surface area contributed by atoms with Gasteiger partial charge in [-0.15, -0.1) is 0 Å². The number of hydrogen-bond acceptors (Lipinski definition) is 4. The fourth-order valence-electron chi connectivity index (χ4n) is 3.66. The van der Waals surface area contributed by atoms with Gasteiger partial charge in [-0.3, -0.25) is 0 Å². The van der Waals surface area contributed by atoms with E-state index in [-0.39, 0.29) is 6.04 Å². The molecule has 3 rings (SSSR count). The van der Waals surface area contributed by atoms with Crippen LogP contribution in [-0.4, -0.2) is 30.8 Å². The van der Waals surface area contributed by atoms with Gasteiger partial charge in [0.15, 0.2) is 5.11 Å². The predicted molar refractivity (Wildman–Crippen MR) is 132 cm³/mol. The number of anilines is 2. The first kappa shape index (κ1) is 23.4. The van der Waals surface area contributed by atoms with Crippen LogP contribution in [0.5, 0.6) is 0 Å². The summed E-state index contributed by atoms with van der Waals surface area (Å²) in [5.74, 6) is 0.389. The molecule has 2 aromatic carbocycles. The maximum absolute atomic E-state index is 11.9. The number of benzene rings is 2. The molecule has 0 aromatic heterocycles. The van der Waals surface area contributed by atoms with Crippen LogP contribution in [0.15, 0.2) is 42.5 Å². The van der Waals surface area contributed by atoms with Crippen molar-refractivity contribution in [2.24, 2.45) is 5.92 Å². The summed E-state index contributed by atoms with van der Waals surface area (Å²) in [6.07, 6.45) is 2.51. The molecule has 1 aliphatic rings. The van der Waals surface area contributed by atoms with Crippen LogP contribution >= 0.6 is 23.8 Å². The van der Waals surface area contributed by atoms with E-state index in [2.05, 4.69) is 53.6 Å². The molecule has 0 amide bonds. The number of hydrogen-bond donors (Lipinski definition) is 2. The van der Waals surface area contributed by atoms with E-state index in [1.165, 1.54) is 18.5 Å². The van der Waals surface area contributed by atoms with Crippen molar-refractivity contribution in [1.29, 1.82) is 0 Å². The Balaban J connectivity index is 1.55. The molecule has 166 valence electrons. The first-order valence-electron chi connectivity index (χ1n) is 10.8. The van der Waals surface area contributed by atoms with Gasteiger partial charge in [-0.1, -0.05) is 30.7 Å². The summed E-state index contributed by atoms with van der Waals surface area (Å²) in [4.78, 5) is 14.3. The molecule has 1 saturated heterocycles. The Morgan fingerprint density at radius 1 is 1.23 bits per heavy atom. The van der Waals surface area contributed by atoms with E-state index in [1.807, 2.05) is 0 Å². The minimum Gasteiger partial charge on any atom is -0.462 e. The molecule has 2 aromatic rings. The van der Waals surface area contributed by atoms with Crippen molar-refractivity contribution in [3.05, 3.63) is 58.6 Å². The number of esters is 1. The van der Waals surface area contributed by atoms with Gasteiger partial charge in [0.25, 0.3) is 0 Å². The second-order valence-electron chi connectivity index (χ2n) is 8.00. The number of piperidine rings is 1. The second kappa shape index (κ2) is 10.8. The van der Waals surface area contributed by atoms with Crippen LogP contribution in [0.25, 0.3) is 0 Å². The average Bonchev–Trinajstić information content (AvgIpc) is 2.74. The van der Waals surface area contributed by atoms with E-state index in [1.54, 1.807) is 25.1 Å². The lowest BCUT2D eigenvalue weighted by atomic mass is 9.98. The highest BCUT2D eigenvalue weighted by molar-refractivity contribution is 7.80. The fourth-order valence-corrected chi connectivity index (χ4v) is 4.21. The quantitative estimate of drug-likeness (QED) is 0.420. The van der Waals surface area contributed by atoms with Crippen molar-refractivity contribution < 1.29 is 9.53 Å². The zero-order valence-corrected chi connectivity index (χ0v) is 19.9. The van der Waals surface area contributed by atoms with Crippen molar-refractivity contribution in [2.45, 2.75) is 39.7 Å². The summed E-state index contributed by atoms with van der Waals surface area (Å²) in [7, 11) is 0. The molecule has 1 heterocycles. The summed E-state index contributed by atoms with van der Waals surface area (Å²) < 4.78 is 5.00. The lowest BCUT2D eigenvalue weighted by molar-refractivity contribution is 0.0526. The standard InChI is InChI=1S/C24H30ClN3O2S/c1-4-30-23(29)21-10-7-19(15-22(21)25)27-24(31)26-17(3)18-5-8-20(9-6-18)28-13-11-16(2)12-14-28/h5-10,15-17H,4,11-14H2,1-3H3,(H2,26,27,31)/t17-/m0/s1. The van der Waals surface area contributed by atoms with Gasteiger partial charge in [-0.05, 0) is 80.7 Å². The van der Waals surface area contributed by atoms with Crippen molar-refractivity contribution in [2.75, 3.05) is 29.9 Å². The molecule has 0 saturated carbocycles. The van der Waals surface area contributed by atoms with Gasteiger partial charge in [-0.25, -0.2) is 4.79 Å². The molecule has 0 aliphatic carbocycles. The Labute approximate surface area is 195 Å². The molecular formula is C24H30ClN3O2S. The number of carbonyl (C=O) groups excluding carboxylic acids is 1. The third-order valence-corrected chi connectivity index (χ3v) is 6.14. The minimum atomic E-state index is -0.434. The normalized spacial score (nSPS) is 15.3. The minimum absolute atomic E-state index is 0.0460. The maximum Gasteiger partial charge on any atom is 0.339 e. The highest BCUT2D eigenvalue weighted by Crippen LogP contribution is 2.25. The molecule has 1 aliphatic heterocycles. The van der Waals surface area contributed by atoms with E-state index in [0.29, 0.717) is 28.0 Å². The lowest BCUT2D eigenvalue weighted by Gasteiger charge is -2.32. The molecule has 0 bridgehead atoms. The van der Waals surface area contributed by atoms with Gasteiger partial charge in [0, 0.05) is 24.5 Å². The maximum atomic E-state index is 11.9. The molecule has 0 spiro atoms. The van der Waals surface area contributed by atoms with Crippen LogP contribution in [-0.2, 0) is 4.74 Å². The zero-order chi connectivity index (χ0) is 22.4. The summed E-state index contributed by atoms with van der Waals surface area (Å²) in [6, 6.07) is 13.8. The Morgan fingerprint density at radius 2 is 1.90 bits per heavy atom. The van der Waals surface area contributed by atoms with Crippen molar-refractivity contribution in [3.8, 4) is 0 Å². The lowest BCUT2D eigenvalue weighted by Crippen LogP contribution is -2.33. The number of nitrogens with one attached hydrogen (secondary N) is 2. The Hall–Kier alpha value is -2.31. The SMILES string of the molecule is CCOC(=O)c1ccc(NC(=S)N[C@@H](C)c2ccc(N3CCC(C)CC3)cc2)cc1Cl. The Kier molecular flexibility index (Phi) is 8.15. The molecule has 7 heteroatoms. The summed E-state index contributed by atoms with van der Waals surface area (Å²) in [6.45, 7) is 8.71. The molecule has 1 atom stereocenters. The third-order valence-electron chi connectivity index (χ3n) is 5.61. The largest absolute Gasteiger partial charge is 0.462 e. The third kappa shape index (κ3) is 6.34. The number of halogens is 1.